The van der Waals surface area contributed by atoms with Gasteiger partial charge in [0.25, 0.3) is 5.56 Å². The lowest BCUT2D eigenvalue weighted by atomic mass is 10.2. The summed E-state index contributed by atoms with van der Waals surface area (Å²) in [5.41, 5.74) is 0.391. The van der Waals surface area contributed by atoms with Gasteiger partial charge >= 0.3 is 0 Å². The van der Waals surface area contributed by atoms with Crippen LogP contribution in [0.3, 0.4) is 0 Å². The van der Waals surface area contributed by atoms with Gasteiger partial charge in [-0.15, -0.1) is 0 Å². The smallest absolute Gasteiger partial charge is 0.264 e. The molecule has 1 aromatic heterocycles. The topological polar surface area (TPSA) is 55.0 Å². The van der Waals surface area contributed by atoms with Crippen molar-refractivity contribution < 1.29 is 4.74 Å². The molecule has 0 atom stereocenters. The normalized spacial score (nSPS) is 10.3. The van der Waals surface area contributed by atoms with Crippen LogP contribution < -0.4 is 10.3 Å². The largest absolute Gasteiger partial charge is 0.496 e. The summed E-state index contributed by atoms with van der Waals surface area (Å²) in [6, 6.07) is 5.26. The van der Waals surface area contributed by atoms with Gasteiger partial charge in [0.1, 0.15) is 11.6 Å². The summed E-state index contributed by atoms with van der Waals surface area (Å²) in [5, 5.41) is 0.480. The lowest BCUT2D eigenvalue weighted by molar-refractivity contribution is 0.416. The molecule has 1 heterocycles. The number of rotatable bonds is 2. The Morgan fingerprint density at radius 3 is 2.88 bits per heavy atom. The molecule has 0 saturated carbocycles. The van der Waals surface area contributed by atoms with Crippen LogP contribution in [0.25, 0.3) is 11.4 Å². The Morgan fingerprint density at radius 1 is 1.47 bits per heavy atom. The van der Waals surface area contributed by atoms with E-state index in [-0.39, 0.29) is 5.56 Å². The van der Waals surface area contributed by atoms with Crippen LogP contribution in [0, 0.1) is 3.57 Å². The fourth-order valence-corrected chi connectivity index (χ4v) is 1.94. The van der Waals surface area contributed by atoms with Crippen LogP contribution >= 0.6 is 34.2 Å². The molecule has 0 amide bonds. The molecule has 0 saturated heterocycles. The van der Waals surface area contributed by atoms with Gasteiger partial charge in [-0.1, -0.05) is 17.7 Å². The van der Waals surface area contributed by atoms with Gasteiger partial charge in [0.15, 0.2) is 0 Å². The van der Waals surface area contributed by atoms with E-state index in [1.165, 1.54) is 6.20 Å². The molecule has 0 aliphatic heterocycles. The molecule has 0 bridgehead atoms. The van der Waals surface area contributed by atoms with Gasteiger partial charge < -0.3 is 9.72 Å². The molecule has 2 aromatic rings. The highest BCUT2D eigenvalue weighted by Gasteiger charge is 2.12. The van der Waals surface area contributed by atoms with Crippen molar-refractivity contribution >= 4 is 34.2 Å². The van der Waals surface area contributed by atoms with E-state index in [9.17, 15) is 4.79 Å². The summed E-state index contributed by atoms with van der Waals surface area (Å²) >= 11 is 8.01. The first kappa shape index (κ1) is 12.4. The average Bonchev–Trinajstić information content (AvgIpc) is 2.32. The van der Waals surface area contributed by atoms with Crippen molar-refractivity contribution in [2.75, 3.05) is 7.11 Å². The second kappa shape index (κ2) is 5.05. The molecule has 1 N–H and O–H groups in total. The molecule has 4 nitrogen and oxygen atoms in total. The summed E-state index contributed by atoms with van der Waals surface area (Å²) in [5.74, 6) is 0.972. The number of H-pyrrole nitrogens is 1. The number of aromatic nitrogens is 2. The Labute approximate surface area is 116 Å². The molecule has 0 spiro atoms. The highest BCUT2D eigenvalue weighted by atomic mass is 127. The van der Waals surface area contributed by atoms with Crippen LogP contribution in [-0.4, -0.2) is 17.1 Å². The molecule has 2 rings (SSSR count). The molecule has 0 radical (unpaired) electrons. The van der Waals surface area contributed by atoms with Gasteiger partial charge in [0, 0.05) is 6.20 Å². The first-order valence-corrected chi connectivity index (χ1v) is 6.17. The molecule has 6 heteroatoms. The Balaban J connectivity index is 2.67. The number of aromatic amines is 1. The maximum absolute atomic E-state index is 11.5. The first-order valence-electron chi connectivity index (χ1n) is 4.71. The van der Waals surface area contributed by atoms with Gasteiger partial charge in [-0.2, -0.15) is 0 Å². The van der Waals surface area contributed by atoms with E-state index in [2.05, 4.69) is 9.97 Å². The monoisotopic (exact) mass is 362 g/mol. The van der Waals surface area contributed by atoms with Gasteiger partial charge in [-0.05, 0) is 34.7 Å². The molecule has 0 aliphatic carbocycles. The minimum Gasteiger partial charge on any atom is -0.496 e. The maximum atomic E-state index is 11.5. The van der Waals surface area contributed by atoms with Crippen molar-refractivity contribution in [1.29, 1.82) is 0 Å². The lowest BCUT2D eigenvalue weighted by Gasteiger charge is -2.09. The van der Waals surface area contributed by atoms with Gasteiger partial charge in [0.2, 0.25) is 0 Å². The predicted molar refractivity (Wildman–Crippen MR) is 74.6 cm³/mol. The Hall–Kier alpha value is -1.08. The fraction of sp³-hybridized carbons (Fsp3) is 0.0909. The molecule has 0 aliphatic rings. The molecular formula is C11H8ClIN2O2. The number of hydrogen-bond acceptors (Lipinski definition) is 3. The van der Waals surface area contributed by atoms with Crippen molar-refractivity contribution in [3.8, 4) is 17.1 Å². The van der Waals surface area contributed by atoms with E-state index in [0.29, 0.717) is 25.7 Å². The zero-order valence-corrected chi connectivity index (χ0v) is 11.7. The molecule has 0 fully saturated rings. The number of nitrogens with one attached hydrogen (secondary N) is 1. The second-order valence-corrected chi connectivity index (χ2v) is 4.80. The minimum absolute atomic E-state index is 0.197. The number of nitrogens with zero attached hydrogens (tertiary/aromatic N) is 1. The summed E-state index contributed by atoms with van der Waals surface area (Å²) in [7, 11) is 1.54. The SMILES string of the molecule is COc1cccc(Cl)c1-c1ncc(I)c(=O)[nH]1. The predicted octanol–water partition coefficient (Wildman–Crippen LogP) is 2.70. The van der Waals surface area contributed by atoms with Crippen molar-refractivity contribution in [1.82, 2.24) is 9.97 Å². The van der Waals surface area contributed by atoms with Crippen molar-refractivity contribution in [2.24, 2.45) is 0 Å². The summed E-state index contributed by atoms with van der Waals surface area (Å²) < 4.78 is 5.73. The van der Waals surface area contributed by atoms with Gasteiger partial charge in [0.05, 0.1) is 21.3 Å². The van der Waals surface area contributed by atoms with Gasteiger partial charge in [-0.3, -0.25) is 4.79 Å². The minimum atomic E-state index is -0.197. The van der Waals surface area contributed by atoms with Crippen LogP contribution in [0.1, 0.15) is 0 Å². The van der Waals surface area contributed by atoms with E-state index in [1.807, 2.05) is 22.6 Å². The number of methoxy groups -OCH3 is 1. The van der Waals surface area contributed by atoms with Gasteiger partial charge in [-0.25, -0.2) is 4.98 Å². The van der Waals surface area contributed by atoms with Crippen molar-refractivity contribution in [2.45, 2.75) is 0 Å². The zero-order chi connectivity index (χ0) is 12.4. The second-order valence-electron chi connectivity index (χ2n) is 3.23. The first-order chi connectivity index (χ1) is 8.13. The number of benzene rings is 1. The number of ether oxygens (including phenoxy) is 1. The molecule has 88 valence electrons. The standard InChI is InChI=1S/C11H8ClIN2O2/c1-17-8-4-2-3-6(12)9(8)10-14-5-7(13)11(16)15-10/h2-5H,1H3,(H,14,15,16). The van der Waals surface area contributed by atoms with Crippen LogP contribution in [0.5, 0.6) is 5.75 Å². The third-order valence-electron chi connectivity index (χ3n) is 2.19. The van der Waals surface area contributed by atoms with E-state index in [4.69, 9.17) is 16.3 Å². The average molecular weight is 363 g/mol. The van der Waals surface area contributed by atoms with E-state index >= 15 is 0 Å². The summed E-state index contributed by atoms with van der Waals surface area (Å²) in [4.78, 5) is 18.4. The lowest BCUT2D eigenvalue weighted by Crippen LogP contribution is -2.11. The summed E-state index contributed by atoms with van der Waals surface area (Å²) in [6.07, 6.45) is 1.50. The Morgan fingerprint density at radius 2 is 2.24 bits per heavy atom. The quantitative estimate of drug-likeness (QED) is 0.836. The highest BCUT2D eigenvalue weighted by Crippen LogP contribution is 2.33. The van der Waals surface area contributed by atoms with Crippen LogP contribution in [-0.2, 0) is 0 Å². The van der Waals surface area contributed by atoms with Crippen LogP contribution in [0.15, 0.2) is 29.2 Å². The van der Waals surface area contributed by atoms with E-state index < -0.39 is 0 Å². The molecule has 0 unspecified atom stereocenters. The number of halogens is 2. The van der Waals surface area contributed by atoms with E-state index in [0.717, 1.165) is 0 Å². The molecular weight excluding hydrogens is 354 g/mol. The van der Waals surface area contributed by atoms with E-state index in [1.54, 1.807) is 25.3 Å². The van der Waals surface area contributed by atoms with Crippen molar-refractivity contribution in [3.05, 3.63) is 43.3 Å². The maximum Gasteiger partial charge on any atom is 0.264 e. The number of hydrogen-bond donors (Lipinski definition) is 1. The third-order valence-corrected chi connectivity index (χ3v) is 3.27. The molecule has 1 aromatic carbocycles. The third kappa shape index (κ3) is 2.44. The molecule has 17 heavy (non-hydrogen) atoms. The zero-order valence-electron chi connectivity index (χ0n) is 8.83. The summed E-state index contributed by atoms with van der Waals surface area (Å²) in [6.45, 7) is 0. The van der Waals surface area contributed by atoms with Crippen LogP contribution in [0.2, 0.25) is 5.02 Å². The highest BCUT2D eigenvalue weighted by molar-refractivity contribution is 14.1. The van der Waals surface area contributed by atoms with Crippen LogP contribution in [0.4, 0.5) is 0 Å². The Bertz CT molecular complexity index is 613. The van der Waals surface area contributed by atoms with Crippen molar-refractivity contribution in [3.63, 3.8) is 0 Å². The Kier molecular flexibility index (Phi) is 3.68. The fourth-order valence-electron chi connectivity index (χ4n) is 1.41.